The third-order valence-electron chi connectivity index (χ3n) is 3.65. The van der Waals surface area contributed by atoms with E-state index in [0.717, 1.165) is 18.4 Å². The van der Waals surface area contributed by atoms with Gasteiger partial charge in [0.05, 0.1) is 0 Å². The summed E-state index contributed by atoms with van der Waals surface area (Å²) in [5.41, 5.74) is 1.08. The van der Waals surface area contributed by atoms with Crippen molar-refractivity contribution in [2.24, 2.45) is 0 Å². The molecule has 0 atom stereocenters. The number of benzene rings is 1. The molecule has 0 heterocycles. The van der Waals surface area contributed by atoms with Crippen LogP contribution in [0.4, 0.5) is 0 Å². The lowest BCUT2D eigenvalue weighted by atomic mass is 9.84. The monoisotopic (exact) mass is 260 g/mol. The number of hydrogen-bond acceptors (Lipinski definition) is 3. The summed E-state index contributed by atoms with van der Waals surface area (Å²) in [6.07, 6.45) is 7.37. The summed E-state index contributed by atoms with van der Waals surface area (Å²) in [6.45, 7) is 1.60. The summed E-state index contributed by atoms with van der Waals surface area (Å²) >= 11 is 0. The number of esters is 1. The third-order valence-corrected chi connectivity index (χ3v) is 3.65. The normalized spacial score (nSPS) is 17.2. The van der Waals surface area contributed by atoms with Crippen LogP contribution in [0.1, 0.15) is 50.5 Å². The molecule has 0 aromatic heterocycles. The first kappa shape index (κ1) is 13.7. The van der Waals surface area contributed by atoms with Gasteiger partial charge in [0.1, 0.15) is 5.75 Å². The van der Waals surface area contributed by atoms with E-state index in [1.807, 2.05) is 18.2 Å². The lowest BCUT2D eigenvalue weighted by Gasteiger charge is -2.23. The van der Waals surface area contributed by atoms with Crippen LogP contribution in [0.2, 0.25) is 0 Å². The van der Waals surface area contributed by atoms with Gasteiger partial charge in [-0.3, -0.25) is 0 Å². The van der Waals surface area contributed by atoms with Gasteiger partial charge in [-0.05, 0) is 43.4 Å². The van der Waals surface area contributed by atoms with Crippen LogP contribution in [0.15, 0.2) is 36.1 Å². The fourth-order valence-electron chi connectivity index (χ4n) is 2.59. The van der Waals surface area contributed by atoms with Gasteiger partial charge in [0.2, 0.25) is 0 Å². The second-order valence-corrected chi connectivity index (χ2v) is 4.94. The molecule has 2 rings (SSSR count). The zero-order valence-electron chi connectivity index (χ0n) is 11.3. The lowest BCUT2D eigenvalue weighted by molar-refractivity contribution is -0.133. The van der Waals surface area contributed by atoms with E-state index in [9.17, 15) is 9.90 Å². The van der Waals surface area contributed by atoms with Gasteiger partial charge in [0, 0.05) is 0 Å². The van der Waals surface area contributed by atoms with Crippen LogP contribution in [-0.4, -0.2) is 11.1 Å². The smallest absolute Gasteiger partial charge is 0.378 e. The molecule has 0 bridgehead atoms. The Morgan fingerprint density at radius 2 is 1.95 bits per heavy atom. The highest BCUT2D eigenvalue weighted by Gasteiger charge is 2.20. The van der Waals surface area contributed by atoms with E-state index in [1.165, 1.54) is 25.3 Å². The predicted molar refractivity (Wildman–Crippen MR) is 74.3 cm³/mol. The summed E-state index contributed by atoms with van der Waals surface area (Å²) < 4.78 is 5.29. The standard InChI is InChI=1S/C16H20O3/c1-2-14(17)16(18)19-15-11-7-6-10-13(15)12-8-4-3-5-9-12/h2,6-7,10-12,17H,3-5,8-9H2,1H3. The molecular formula is C16H20O3. The van der Waals surface area contributed by atoms with Crippen LogP contribution < -0.4 is 4.74 Å². The summed E-state index contributed by atoms with van der Waals surface area (Å²) in [5, 5.41) is 9.38. The fraction of sp³-hybridized carbons (Fsp3) is 0.438. The third kappa shape index (κ3) is 3.37. The molecule has 0 radical (unpaired) electrons. The van der Waals surface area contributed by atoms with E-state index in [-0.39, 0.29) is 5.76 Å². The molecule has 0 saturated heterocycles. The molecule has 0 spiro atoms. The number of rotatable bonds is 3. The molecule has 102 valence electrons. The second kappa shape index (κ2) is 6.41. The van der Waals surface area contributed by atoms with Crippen molar-refractivity contribution in [3.05, 3.63) is 41.7 Å². The SMILES string of the molecule is CC=C(O)C(=O)Oc1ccccc1C1CCCCC1. The van der Waals surface area contributed by atoms with E-state index < -0.39 is 5.97 Å². The number of para-hydroxylation sites is 1. The average molecular weight is 260 g/mol. The highest BCUT2D eigenvalue weighted by atomic mass is 16.5. The van der Waals surface area contributed by atoms with Gasteiger partial charge in [0.15, 0.2) is 5.76 Å². The van der Waals surface area contributed by atoms with Gasteiger partial charge in [-0.15, -0.1) is 0 Å². The van der Waals surface area contributed by atoms with Crippen molar-refractivity contribution in [2.45, 2.75) is 44.9 Å². The van der Waals surface area contributed by atoms with Crippen LogP contribution in [0, 0.1) is 0 Å². The van der Waals surface area contributed by atoms with Crippen LogP contribution in [0.3, 0.4) is 0 Å². The zero-order valence-corrected chi connectivity index (χ0v) is 11.3. The van der Waals surface area contributed by atoms with Crippen molar-refractivity contribution in [3.63, 3.8) is 0 Å². The molecule has 0 aliphatic heterocycles. The molecule has 1 fully saturated rings. The quantitative estimate of drug-likeness (QED) is 0.385. The van der Waals surface area contributed by atoms with Gasteiger partial charge in [-0.25, -0.2) is 4.79 Å². The van der Waals surface area contributed by atoms with E-state index in [4.69, 9.17) is 4.74 Å². The highest BCUT2D eigenvalue weighted by molar-refractivity contribution is 5.87. The maximum atomic E-state index is 11.6. The first-order valence-corrected chi connectivity index (χ1v) is 6.88. The number of aliphatic hydroxyl groups is 1. The first-order chi connectivity index (χ1) is 9.22. The van der Waals surface area contributed by atoms with Crippen LogP contribution in [0.25, 0.3) is 0 Å². The van der Waals surface area contributed by atoms with Gasteiger partial charge >= 0.3 is 5.97 Å². The molecule has 19 heavy (non-hydrogen) atoms. The van der Waals surface area contributed by atoms with Crippen molar-refractivity contribution in [1.82, 2.24) is 0 Å². The maximum Gasteiger partial charge on any atom is 0.378 e. The number of carbonyl (C=O) groups is 1. The van der Waals surface area contributed by atoms with Crippen molar-refractivity contribution in [3.8, 4) is 5.75 Å². The summed E-state index contributed by atoms with van der Waals surface area (Å²) in [6, 6.07) is 7.63. The van der Waals surface area contributed by atoms with Gasteiger partial charge < -0.3 is 9.84 Å². The van der Waals surface area contributed by atoms with Crippen molar-refractivity contribution < 1.29 is 14.6 Å². The second-order valence-electron chi connectivity index (χ2n) is 4.94. The number of allylic oxidation sites excluding steroid dienone is 1. The molecule has 1 saturated carbocycles. The molecule has 1 aliphatic carbocycles. The Morgan fingerprint density at radius 3 is 2.63 bits per heavy atom. The molecule has 1 aromatic carbocycles. The van der Waals surface area contributed by atoms with E-state index in [2.05, 4.69) is 0 Å². The zero-order chi connectivity index (χ0) is 13.7. The Kier molecular flexibility index (Phi) is 4.61. The molecule has 1 N–H and O–H groups in total. The van der Waals surface area contributed by atoms with Crippen molar-refractivity contribution >= 4 is 5.97 Å². The van der Waals surface area contributed by atoms with Crippen molar-refractivity contribution in [2.75, 3.05) is 0 Å². The van der Waals surface area contributed by atoms with E-state index >= 15 is 0 Å². The molecular weight excluding hydrogens is 240 g/mol. The summed E-state index contributed by atoms with van der Waals surface area (Å²) in [5.74, 6) is 0.00232. The van der Waals surface area contributed by atoms with Crippen LogP contribution in [0.5, 0.6) is 5.75 Å². The average Bonchev–Trinajstić information content (AvgIpc) is 2.47. The topological polar surface area (TPSA) is 46.5 Å². The maximum absolute atomic E-state index is 11.6. The minimum absolute atomic E-state index is 0.349. The van der Waals surface area contributed by atoms with Gasteiger partial charge in [-0.2, -0.15) is 0 Å². The summed E-state index contributed by atoms with van der Waals surface area (Å²) in [4.78, 5) is 11.6. The first-order valence-electron chi connectivity index (χ1n) is 6.88. The Bertz CT molecular complexity index is 471. The molecule has 1 aliphatic rings. The largest absolute Gasteiger partial charge is 0.502 e. The van der Waals surface area contributed by atoms with Gasteiger partial charge in [0.25, 0.3) is 0 Å². The van der Waals surface area contributed by atoms with Crippen LogP contribution >= 0.6 is 0 Å². The Balaban J connectivity index is 2.18. The van der Waals surface area contributed by atoms with Gasteiger partial charge in [-0.1, -0.05) is 37.5 Å². The molecule has 3 heteroatoms. The number of hydrogen-bond donors (Lipinski definition) is 1. The Hall–Kier alpha value is -1.77. The molecule has 0 amide bonds. The minimum Gasteiger partial charge on any atom is -0.502 e. The molecule has 3 nitrogen and oxygen atoms in total. The molecule has 1 aromatic rings. The van der Waals surface area contributed by atoms with E-state index in [1.54, 1.807) is 13.0 Å². The predicted octanol–water partition coefficient (Wildman–Crippen LogP) is 4.10. The minimum atomic E-state index is -0.689. The lowest BCUT2D eigenvalue weighted by Crippen LogP contribution is -2.13. The van der Waals surface area contributed by atoms with Crippen LogP contribution in [-0.2, 0) is 4.79 Å². The Morgan fingerprint density at radius 1 is 1.26 bits per heavy atom. The van der Waals surface area contributed by atoms with E-state index in [0.29, 0.717) is 11.7 Å². The summed E-state index contributed by atoms with van der Waals surface area (Å²) in [7, 11) is 0. The Labute approximate surface area is 113 Å². The van der Waals surface area contributed by atoms with Crippen molar-refractivity contribution in [1.29, 1.82) is 0 Å². The fourth-order valence-corrected chi connectivity index (χ4v) is 2.59. The molecule has 0 unspecified atom stereocenters. The number of aliphatic hydroxyl groups excluding tert-OH is 1. The highest BCUT2D eigenvalue weighted by Crippen LogP contribution is 2.37. The number of carbonyl (C=O) groups excluding carboxylic acids is 1. The number of ether oxygens (including phenoxy) is 1.